The molecule has 1 aliphatic rings. The summed E-state index contributed by atoms with van der Waals surface area (Å²) in [7, 11) is 3.12. The van der Waals surface area contributed by atoms with Crippen molar-refractivity contribution in [2.75, 3.05) is 19.1 Å². The molecule has 7 nitrogen and oxygen atoms in total. The Morgan fingerprint density at radius 1 is 1.00 bits per heavy atom. The summed E-state index contributed by atoms with van der Waals surface area (Å²) >= 11 is 0. The average molecular weight is 477 g/mol. The molecule has 0 radical (unpaired) electrons. The number of nitrogens with one attached hydrogen (secondary N) is 1. The van der Waals surface area contributed by atoms with Crippen LogP contribution in [0, 0.1) is 13.8 Å². The van der Waals surface area contributed by atoms with Crippen LogP contribution in [0.2, 0.25) is 0 Å². The smallest absolute Gasteiger partial charge is 0.262 e. The number of nitrogens with zero attached hydrogens (tertiary/aromatic N) is 1. The Labute approximate surface area is 206 Å². The monoisotopic (exact) mass is 476 g/mol. The van der Waals surface area contributed by atoms with Crippen molar-refractivity contribution in [3.05, 3.63) is 77.2 Å². The van der Waals surface area contributed by atoms with Gasteiger partial charge >= 0.3 is 0 Å². The molecule has 0 saturated heterocycles. The number of hydrogen-bond acceptors (Lipinski definition) is 5. The molecule has 2 aromatic carbocycles. The van der Waals surface area contributed by atoms with Crippen molar-refractivity contribution < 1.29 is 23.5 Å². The van der Waals surface area contributed by atoms with Gasteiger partial charge in [0.05, 0.1) is 26.0 Å². The van der Waals surface area contributed by atoms with Crippen molar-refractivity contribution in [1.82, 2.24) is 5.32 Å². The Kier molecular flexibility index (Phi) is 7.44. The summed E-state index contributed by atoms with van der Waals surface area (Å²) in [6.45, 7) is 3.72. The number of carbonyl (C=O) groups is 2. The van der Waals surface area contributed by atoms with Gasteiger partial charge in [-0.05, 0) is 57.0 Å². The van der Waals surface area contributed by atoms with Crippen molar-refractivity contribution in [2.24, 2.45) is 0 Å². The van der Waals surface area contributed by atoms with Crippen LogP contribution in [0.25, 0.3) is 0 Å². The van der Waals surface area contributed by atoms with E-state index in [-0.39, 0.29) is 17.9 Å². The first-order chi connectivity index (χ1) is 16.9. The van der Waals surface area contributed by atoms with Gasteiger partial charge in [-0.3, -0.25) is 14.5 Å². The van der Waals surface area contributed by atoms with Crippen molar-refractivity contribution in [1.29, 1.82) is 0 Å². The second-order valence-electron chi connectivity index (χ2n) is 8.90. The second-order valence-corrected chi connectivity index (χ2v) is 8.90. The largest absolute Gasteiger partial charge is 0.497 e. The van der Waals surface area contributed by atoms with Gasteiger partial charge in [0, 0.05) is 23.4 Å². The normalized spacial score (nSPS) is 14.4. The zero-order chi connectivity index (χ0) is 24.9. The highest BCUT2D eigenvalue weighted by atomic mass is 16.5. The van der Waals surface area contributed by atoms with E-state index in [1.165, 1.54) is 11.2 Å². The molecule has 0 aliphatic heterocycles. The lowest BCUT2D eigenvalue weighted by atomic mass is 9.99. The summed E-state index contributed by atoms with van der Waals surface area (Å²) in [5.41, 5.74) is 2.62. The Morgan fingerprint density at radius 3 is 2.31 bits per heavy atom. The topological polar surface area (TPSA) is 81.0 Å². The van der Waals surface area contributed by atoms with E-state index in [1.54, 1.807) is 45.4 Å². The molecule has 7 heteroatoms. The standard InChI is InChI=1S/C28H32N2O5/c1-18-9-11-21(12-10-18)30(28(32)23-15-16-35-19(23)2)26(27(31)29-20-7-5-6-8-20)24-14-13-22(33-3)17-25(24)34-4/h9-17,20,26H,5-8H2,1-4H3,(H,29,31). The second kappa shape index (κ2) is 10.7. The fourth-order valence-corrected chi connectivity index (χ4v) is 4.62. The van der Waals surface area contributed by atoms with Gasteiger partial charge < -0.3 is 19.2 Å². The maximum Gasteiger partial charge on any atom is 0.262 e. The zero-order valence-electron chi connectivity index (χ0n) is 20.7. The maximum atomic E-state index is 14.0. The first-order valence-corrected chi connectivity index (χ1v) is 11.9. The van der Waals surface area contributed by atoms with Crippen LogP contribution < -0.4 is 19.7 Å². The lowest BCUT2D eigenvalue weighted by Crippen LogP contribution is -2.46. The number of amides is 2. The predicted molar refractivity (Wildman–Crippen MR) is 134 cm³/mol. The van der Waals surface area contributed by atoms with E-state index in [2.05, 4.69) is 5.32 Å². The van der Waals surface area contributed by atoms with E-state index in [4.69, 9.17) is 13.9 Å². The van der Waals surface area contributed by atoms with Crippen LogP contribution >= 0.6 is 0 Å². The third kappa shape index (κ3) is 5.19. The van der Waals surface area contributed by atoms with E-state index >= 15 is 0 Å². The van der Waals surface area contributed by atoms with Gasteiger partial charge in [-0.1, -0.05) is 30.5 Å². The number of carbonyl (C=O) groups excluding carboxylic acids is 2. The van der Waals surface area contributed by atoms with Crippen LogP contribution in [0.4, 0.5) is 5.69 Å². The lowest BCUT2D eigenvalue weighted by molar-refractivity contribution is -0.123. The van der Waals surface area contributed by atoms with Crippen molar-refractivity contribution in [2.45, 2.75) is 51.6 Å². The Morgan fingerprint density at radius 2 is 1.71 bits per heavy atom. The SMILES string of the molecule is COc1ccc(C(C(=O)NC2CCCC2)N(C(=O)c2ccoc2C)c2ccc(C)cc2)c(OC)c1. The number of benzene rings is 2. The minimum Gasteiger partial charge on any atom is -0.497 e. The quantitative estimate of drug-likeness (QED) is 0.473. The van der Waals surface area contributed by atoms with Gasteiger partial charge in [-0.15, -0.1) is 0 Å². The third-order valence-corrected chi connectivity index (χ3v) is 6.56. The maximum absolute atomic E-state index is 14.0. The first kappa shape index (κ1) is 24.4. The van der Waals surface area contributed by atoms with Crippen molar-refractivity contribution >= 4 is 17.5 Å². The number of aryl methyl sites for hydroxylation is 2. The summed E-state index contributed by atoms with van der Waals surface area (Å²) < 4.78 is 16.5. The van der Waals surface area contributed by atoms with Crippen molar-refractivity contribution in [3.8, 4) is 11.5 Å². The molecule has 184 valence electrons. The molecule has 1 saturated carbocycles. The van der Waals surface area contributed by atoms with Gasteiger partial charge in [-0.25, -0.2) is 0 Å². The summed E-state index contributed by atoms with van der Waals surface area (Å²) in [6.07, 6.45) is 5.50. The summed E-state index contributed by atoms with van der Waals surface area (Å²) in [4.78, 5) is 29.5. The minimum atomic E-state index is -0.971. The zero-order valence-corrected chi connectivity index (χ0v) is 20.7. The van der Waals surface area contributed by atoms with Crippen LogP contribution in [0.1, 0.15) is 59.0 Å². The molecule has 35 heavy (non-hydrogen) atoms. The summed E-state index contributed by atoms with van der Waals surface area (Å²) in [5, 5.41) is 3.19. The highest BCUT2D eigenvalue weighted by Crippen LogP contribution is 2.37. The lowest BCUT2D eigenvalue weighted by Gasteiger charge is -2.33. The van der Waals surface area contributed by atoms with Crippen LogP contribution in [-0.4, -0.2) is 32.1 Å². The highest BCUT2D eigenvalue weighted by molar-refractivity contribution is 6.10. The fraction of sp³-hybridized carbons (Fsp3) is 0.357. The molecule has 2 amide bonds. The molecule has 1 N–H and O–H groups in total. The average Bonchev–Trinajstić information content (AvgIpc) is 3.54. The number of rotatable bonds is 8. The summed E-state index contributed by atoms with van der Waals surface area (Å²) in [6, 6.07) is 13.6. The molecule has 3 aromatic rings. The number of methoxy groups -OCH3 is 2. The van der Waals surface area contributed by atoms with Crippen LogP contribution in [0.5, 0.6) is 11.5 Å². The molecule has 0 bridgehead atoms. The predicted octanol–water partition coefficient (Wildman–Crippen LogP) is 5.36. The van der Waals surface area contributed by atoms with Gasteiger partial charge in [0.1, 0.15) is 23.3 Å². The van der Waals surface area contributed by atoms with Crippen LogP contribution in [-0.2, 0) is 4.79 Å². The molecule has 1 aliphatic carbocycles. The van der Waals surface area contributed by atoms with E-state index < -0.39 is 6.04 Å². The third-order valence-electron chi connectivity index (χ3n) is 6.56. The van der Waals surface area contributed by atoms with Gasteiger partial charge in [-0.2, -0.15) is 0 Å². The number of anilines is 1. The fourth-order valence-electron chi connectivity index (χ4n) is 4.62. The molecule has 0 spiro atoms. The molecule has 1 unspecified atom stereocenters. The highest BCUT2D eigenvalue weighted by Gasteiger charge is 2.37. The minimum absolute atomic E-state index is 0.0832. The molecule has 1 atom stereocenters. The van der Waals surface area contributed by atoms with Gasteiger partial charge in [0.2, 0.25) is 5.91 Å². The number of hydrogen-bond donors (Lipinski definition) is 1. The van der Waals surface area contributed by atoms with Gasteiger partial charge in [0.15, 0.2) is 0 Å². The molecular formula is C28H32N2O5. The van der Waals surface area contributed by atoms with E-state index in [0.29, 0.717) is 34.1 Å². The van der Waals surface area contributed by atoms with E-state index in [0.717, 1.165) is 31.2 Å². The number of furan rings is 1. The van der Waals surface area contributed by atoms with Crippen molar-refractivity contribution in [3.63, 3.8) is 0 Å². The van der Waals surface area contributed by atoms with E-state index in [1.807, 2.05) is 31.2 Å². The first-order valence-electron chi connectivity index (χ1n) is 11.9. The summed E-state index contributed by atoms with van der Waals surface area (Å²) in [5.74, 6) is 0.966. The Bertz CT molecular complexity index is 1180. The molecule has 1 heterocycles. The molecule has 4 rings (SSSR count). The number of ether oxygens (including phenoxy) is 2. The molecule has 1 aromatic heterocycles. The van der Waals surface area contributed by atoms with Crippen LogP contribution in [0.15, 0.2) is 59.2 Å². The molecular weight excluding hydrogens is 444 g/mol. The van der Waals surface area contributed by atoms with Crippen LogP contribution in [0.3, 0.4) is 0 Å². The Hall–Kier alpha value is -3.74. The van der Waals surface area contributed by atoms with Gasteiger partial charge in [0.25, 0.3) is 5.91 Å². The van der Waals surface area contributed by atoms with E-state index in [9.17, 15) is 9.59 Å². The molecule has 1 fully saturated rings. The Balaban J connectivity index is 1.88.